The minimum Gasteiger partial charge on any atom is -0.354 e. The van der Waals surface area contributed by atoms with Crippen molar-refractivity contribution in [2.75, 3.05) is 33.2 Å². The number of nitrogens with zero attached hydrogens (tertiary/aromatic N) is 3. The highest BCUT2D eigenvalue weighted by Gasteiger charge is 2.36. The van der Waals surface area contributed by atoms with Gasteiger partial charge in [-0.15, -0.1) is 24.0 Å². The number of halogens is 1. The molecule has 0 atom stereocenters. The Bertz CT molecular complexity index is 528. The third kappa shape index (κ3) is 5.81. The van der Waals surface area contributed by atoms with Crippen LogP contribution in [0.3, 0.4) is 0 Å². The van der Waals surface area contributed by atoms with E-state index in [0.29, 0.717) is 37.8 Å². The van der Waals surface area contributed by atoms with E-state index in [9.17, 15) is 9.59 Å². The first-order valence-electron chi connectivity index (χ1n) is 10.4. The summed E-state index contributed by atoms with van der Waals surface area (Å²) in [6, 6.07) is 0. The maximum absolute atomic E-state index is 11.9. The maximum Gasteiger partial charge on any atom is 0.229 e. The second-order valence-electron chi connectivity index (χ2n) is 8.21. The van der Waals surface area contributed by atoms with Crippen LogP contribution < -0.4 is 5.32 Å². The van der Waals surface area contributed by atoms with Crippen LogP contribution in [-0.2, 0) is 9.59 Å². The van der Waals surface area contributed by atoms with Gasteiger partial charge in [-0.3, -0.25) is 19.5 Å². The minimum atomic E-state index is -0.0339. The number of imide groups is 1. The number of carbonyl (C=O) groups is 2. The van der Waals surface area contributed by atoms with Crippen molar-refractivity contribution in [1.29, 1.82) is 0 Å². The van der Waals surface area contributed by atoms with Gasteiger partial charge in [0.05, 0.1) is 0 Å². The SMILES string of the molecule is CN=C(NCCN1C(=O)CCCC1=O)N1CCCC2(CCCCCC2)C1.I. The van der Waals surface area contributed by atoms with E-state index in [0.717, 1.165) is 19.0 Å². The van der Waals surface area contributed by atoms with Crippen molar-refractivity contribution in [3.63, 3.8) is 0 Å². The second-order valence-corrected chi connectivity index (χ2v) is 8.21. The van der Waals surface area contributed by atoms with Gasteiger partial charge in [-0.05, 0) is 37.5 Å². The number of carbonyl (C=O) groups excluding carboxylic acids is 2. The summed E-state index contributed by atoms with van der Waals surface area (Å²) in [5.41, 5.74) is 0.463. The fraction of sp³-hybridized carbons (Fsp3) is 0.850. The van der Waals surface area contributed by atoms with E-state index in [1.54, 1.807) is 0 Å². The summed E-state index contributed by atoms with van der Waals surface area (Å²) in [6.45, 7) is 3.15. The molecule has 7 heteroatoms. The third-order valence-corrected chi connectivity index (χ3v) is 6.34. The Morgan fingerprint density at radius 1 is 1.00 bits per heavy atom. The zero-order valence-electron chi connectivity index (χ0n) is 16.7. The maximum atomic E-state index is 11.9. The number of amides is 2. The van der Waals surface area contributed by atoms with E-state index in [4.69, 9.17) is 0 Å². The van der Waals surface area contributed by atoms with Crippen LogP contribution in [0.5, 0.6) is 0 Å². The van der Waals surface area contributed by atoms with Crippen LogP contribution in [0.25, 0.3) is 0 Å². The number of aliphatic imine (C=N–C) groups is 1. The van der Waals surface area contributed by atoms with Crippen molar-refractivity contribution in [2.45, 2.75) is 70.6 Å². The predicted octanol–water partition coefficient (Wildman–Crippen LogP) is 3.16. The van der Waals surface area contributed by atoms with Gasteiger partial charge in [0.1, 0.15) is 0 Å². The average Bonchev–Trinajstić information content (AvgIpc) is 2.86. The molecule has 0 aromatic carbocycles. The molecule has 1 aliphatic carbocycles. The Hall–Kier alpha value is -0.860. The smallest absolute Gasteiger partial charge is 0.229 e. The summed E-state index contributed by atoms with van der Waals surface area (Å²) in [5, 5.41) is 3.39. The van der Waals surface area contributed by atoms with Crippen molar-refractivity contribution in [3.05, 3.63) is 0 Å². The number of hydrogen-bond acceptors (Lipinski definition) is 3. The molecule has 1 N–H and O–H groups in total. The van der Waals surface area contributed by atoms with Crippen molar-refractivity contribution in [1.82, 2.24) is 15.1 Å². The summed E-state index contributed by atoms with van der Waals surface area (Å²) < 4.78 is 0. The Morgan fingerprint density at radius 2 is 1.63 bits per heavy atom. The molecule has 0 unspecified atom stereocenters. The van der Waals surface area contributed by atoms with Crippen molar-refractivity contribution < 1.29 is 9.59 Å². The molecule has 3 aliphatic rings. The van der Waals surface area contributed by atoms with Gasteiger partial charge >= 0.3 is 0 Å². The molecule has 154 valence electrons. The van der Waals surface area contributed by atoms with Crippen LogP contribution >= 0.6 is 24.0 Å². The number of likely N-dealkylation sites (tertiary alicyclic amines) is 2. The van der Waals surface area contributed by atoms with Gasteiger partial charge in [-0.1, -0.05) is 25.7 Å². The molecular weight excluding hydrogens is 455 g/mol. The number of nitrogens with one attached hydrogen (secondary N) is 1. The Kier molecular flexibility index (Phi) is 8.82. The first kappa shape index (κ1) is 22.4. The Balaban J connectivity index is 0.00000261. The van der Waals surface area contributed by atoms with Crippen LogP contribution in [0, 0.1) is 5.41 Å². The summed E-state index contributed by atoms with van der Waals surface area (Å²) in [5.74, 6) is 0.854. The Morgan fingerprint density at radius 3 is 2.26 bits per heavy atom. The standard InChI is InChI=1S/C20H34N4O2.HI/c1-21-19(22-13-15-24-17(25)8-6-9-18(24)26)23-14-7-12-20(16-23)10-4-2-3-5-11-20;/h2-16H2,1H3,(H,21,22);1H. The molecule has 27 heavy (non-hydrogen) atoms. The van der Waals surface area contributed by atoms with Gasteiger partial charge in [0.25, 0.3) is 0 Å². The largest absolute Gasteiger partial charge is 0.354 e. The van der Waals surface area contributed by atoms with Crippen LogP contribution in [0.2, 0.25) is 0 Å². The number of rotatable bonds is 3. The first-order valence-corrected chi connectivity index (χ1v) is 10.4. The highest BCUT2D eigenvalue weighted by Crippen LogP contribution is 2.42. The van der Waals surface area contributed by atoms with Crippen LogP contribution in [-0.4, -0.2) is 60.8 Å². The summed E-state index contributed by atoms with van der Waals surface area (Å²) in [6.07, 6.45) is 12.4. The molecule has 3 fully saturated rings. The van der Waals surface area contributed by atoms with Crippen molar-refractivity contribution in [3.8, 4) is 0 Å². The van der Waals surface area contributed by atoms with Gasteiger partial charge in [0.2, 0.25) is 11.8 Å². The zero-order valence-corrected chi connectivity index (χ0v) is 19.0. The van der Waals surface area contributed by atoms with Crippen molar-refractivity contribution >= 4 is 41.8 Å². The normalized spacial score (nSPS) is 23.8. The van der Waals surface area contributed by atoms with Gasteiger partial charge < -0.3 is 10.2 Å². The molecule has 0 radical (unpaired) electrons. The third-order valence-electron chi connectivity index (χ3n) is 6.34. The fourth-order valence-electron chi connectivity index (χ4n) is 4.94. The van der Waals surface area contributed by atoms with E-state index in [2.05, 4.69) is 15.2 Å². The lowest BCUT2D eigenvalue weighted by atomic mass is 9.74. The minimum absolute atomic E-state index is 0. The second kappa shape index (κ2) is 10.6. The topological polar surface area (TPSA) is 65.0 Å². The summed E-state index contributed by atoms with van der Waals surface area (Å²) in [7, 11) is 1.83. The average molecular weight is 490 g/mol. The molecule has 2 saturated heterocycles. The molecule has 2 amide bonds. The molecule has 0 aromatic rings. The van der Waals surface area contributed by atoms with Gasteiger partial charge in [0.15, 0.2) is 5.96 Å². The molecule has 6 nitrogen and oxygen atoms in total. The monoisotopic (exact) mass is 490 g/mol. The molecule has 0 bridgehead atoms. The number of piperidine rings is 2. The predicted molar refractivity (Wildman–Crippen MR) is 118 cm³/mol. The fourth-order valence-corrected chi connectivity index (χ4v) is 4.94. The highest BCUT2D eigenvalue weighted by molar-refractivity contribution is 14.0. The van der Waals surface area contributed by atoms with E-state index in [1.807, 2.05) is 7.05 Å². The van der Waals surface area contributed by atoms with Gasteiger partial charge in [0, 0.05) is 46.1 Å². The summed E-state index contributed by atoms with van der Waals surface area (Å²) in [4.78, 5) is 32.1. The molecule has 2 aliphatic heterocycles. The van der Waals surface area contributed by atoms with Crippen molar-refractivity contribution in [2.24, 2.45) is 10.4 Å². The van der Waals surface area contributed by atoms with Gasteiger partial charge in [-0.25, -0.2) is 0 Å². The molecule has 1 spiro atoms. The number of hydrogen-bond donors (Lipinski definition) is 1. The Labute approximate surface area is 180 Å². The molecule has 0 aromatic heterocycles. The van der Waals surface area contributed by atoms with E-state index in [1.165, 1.54) is 56.3 Å². The van der Waals surface area contributed by atoms with E-state index in [-0.39, 0.29) is 35.8 Å². The lowest BCUT2D eigenvalue weighted by molar-refractivity contribution is -0.147. The molecule has 2 heterocycles. The molecule has 3 rings (SSSR count). The quantitative estimate of drug-likeness (QED) is 0.286. The van der Waals surface area contributed by atoms with Crippen LogP contribution in [0.4, 0.5) is 0 Å². The highest BCUT2D eigenvalue weighted by atomic mass is 127. The van der Waals surface area contributed by atoms with Gasteiger partial charge in [-0.2, -0.15) is 0 Å². The number of guanidine groups is 1. The van der Waals surface area contributed by atoms with E-state index < -0.39 is 0 Å². The lowest BCUT2D eigenvalue weighted by Crippen LogP contribution is -2.52. The zero-order chi connectivity index (χ0) is 18.4. The van der Waals surface area contributed by atoms with Crippen LogP contribution in [0.15, 0.2) is 4.99 Å². The van der Waals surface area contributed by atoms with Crippen LogP contribution in [0.1, 0.15) is 70.6 Å². The molecular formula is C20H35IN4O2. The summed E-state index contributed by atoms with van der Waals surface area (Å²) >= 11 is 0. The first-order chi connectivity index (χ1) is 12.6. The molecule has 1 saturated carbocycles. The van der Waals surface area contributed by atoms with E-state index >= 15 is 0 Å². The lowest BCUT2D eigenvalue weighted by Gasteiger charge is -2.44.